The molecule has 3 atom stereocenters. The maximum absolute atomic E-state index is 12.1. The summed E-state index contributed by atoms with van der Waals surface area (Å²) in [5, 5.41) is 0. The Morgan fingerprint density at radius 3 is 2.75 bits per heavy atom. The van der Waals surface area contributed by atoms with E-state index in [4.69, 9.17) is 4.74 Å². The number of carbonyl (C=O) groups is 1. The number of likely N-dealkylation sites (tertiary alicyclic amines) is 1. The summed E-state index contributed by atoms with van der Waals surface area (Å²) >= 11 is 0. The van der Waals surface area contributed by atoms with Gasteiger partial charge in [0.05, 0.1) is 5.56 Å². The molecule has 0 amide bonds. The predicted molar refractivity (Wildman–Crippen MR) is 80.7 cm³/mol. The van der Waals surface area contributed by atoms with Crippen molar-refractivity contribution >= 4 is 5.97 Å². The standard InChI is InChI=1S/C17H23NO2/c1-4-10-18-12-13(2)16(11-14(18)3)20-17(19)15-8-6-5-7-9-15/h4-9,13-14,16H,1,10-12H2,2-3H3/t13-,14+,16-/m0/s1. The summed E-state index contributed by atoms with van der Waals surface area (Å²) in [5.41, 5.74) is 0.626. The smallest absolute Gasteiger partial charge is 0.338 e. The predicted octanol–water partition coefficient (Wildman–Crippen LogP) is 3.13. The van der Waals surface area contributed by atoms with E-state index in [2.05, 4.69) is 25.3 Å². The van der Waals surface area contributed by atoms with Crippen molar-refractivity contribution in [2.75, 3.05) is 13.1 Å². The molecule has 0 bridgehead atoms. The van der Waals surface area contributed by atoms with E-state index < -0.39 is 0 Å². The molecular weight excluding hydrogens is 250 g/mol. The molecule has 1 fully saturated rings. The molecule has 0 N–H and O–H groups in total. The second-order valence-electron chi connectivity index (χ2n) is 5.61. The third-order valence-electron chi connectivity index (χ3n) is 3.99. The number of rotatable bonds is 4. The highest BCUT2D eigenvalue weighted by atomic mass is 16.5. The van der Waals surface area contributed by atoms with Crippen LogP contribution in [0.5, 0.6) is 0 Å². The van der Waals surface area contributed by atoms with Crippen molar-refractivity contribution in [1.29, 1.82) is 0 Å². The molecule has 1 aliphatic heterocycles. The van der Waals surface area contributed by atoms with E-state index >= 15 is 0 Å². The van der Waals surface area contributed by atoms with Gasteiger partial charge in [0.15, 0.2) is 0 Å². The van der Waals surface area contributed by atoms with E-state index in [1.165, 1.54) is 0 Å². The summed E-state index contributed by atoms with van der Waals surface area (Å²) in [6.07, 6.45) is 2.81. The largest absolute Gasteiger partial charge is 0.458 e. The van der Waals surface area contributed by atoms with E-state index in [1.807, 2.05) is 24.3 Å². The lowest BCUT2D eigenvalue weighted by molar-refractivity contribution is -0.0228. The van der Waals surface area contributed by atoms with Crippen molar-refractivity contribution < 1.29 is 9.53 Å². The summed E-state index contributed by atoms with van der Waals surface area (Å²) in [5.74, 6) is 0.130. The van der Waals surface area contributed by atoms with Gasteiger partial charge in [-0.3, -0.25) is 4.90 Å². The van der Waals surface area contributed by atoms with E-state index in [0.717, 1.165) is 19.5 Å². The van der Waals surface area contributed by atoms with Gasteiger partial charge in [0.1, 0.15) is 6.10 Å². The zero-order valence-corrected chi connectivity index (χ0v) is 12.3. The van der Waals surface area contributed by atoms with E-state index in [1.54, 1.807) is 12.1 Å². The monoisotopic (exact) mass is 273 g/mol. The molecule has 0 aliphatic carbocycles. The Kier molecular flexibility index (Phi) is 4.96. The highest BCUT2D eigenvalue weighted by Gasteiger charge is 2.32. The van der Waals surface area contributed by atoms with Crippen LogP contribution in [0.1, 0.15) is 30.6 Å². The van der Waals surface area contributed by atoms with Crippen LogP contribution in [0.15, 0.2) is 43.0 Å². The van der Waals surface area contributed by atoms with Crippen molar-refractivity contribution in [3.05, 3.63) is 48.6 Å². The minimum Gasteiger partial charge on any atom is -0.458 e. The van der Waals surface area contributed by atoms with Gasteiger partial charge in [-0.15, -0.1) is 6.58 Å². The molecule has 3 nitrogen and oxygen atoms in total. The van der Waals surface area contributed by atoms with Gasteiger partial charge in [-0.2, -0.15) is 0 Å². The van der Waals surface area contributed by atoms with Gasteiger partial charge in [0.25, 0.3) is 0 Å². The molecule has 1 heterocycles. The normalized spacial score (nSPS) is 27.0. The molecule has 20 heavy (non-hydrogen) atoms. The second-order valence-corrected chi connectivity index (χ2v) is 5.61. The molecule has 1 aromatic carbocycles. The number of benzene rings is 1. The van der Waals surface area contributed by atoms with Crippen LogP contribution in [0.4, 0.5) is 0 Å². The molecule has 1 aliphatic rings. The zero-order valence-electron chi connectivity index (χ0n) is 12.3. The third-order valence-corrected chi connectivity index (χ3v) is 3.99. The van der Waals surface area contributed by atoms with E-state index in [9.17, 15) is 4.79 Å². The van der Waals surface area contributed by atoms with Crippen LogP contribution in [0.2, 0.25) is 0 Å². The van der Waals surface area contributed by atoms with Gasteiger partial charge in [-0.25, -0.2) is 4.79 Å². The van der Waals surface area contributed by atoms with Gasteiger partial charge in [-0.05, 0) is 19.1 Å². The first-order valence-electron chi connectivity index (χ1n) is 7.22. The number of piperidine rings is 1. The number of ether oxygens (including phenoxy) is 1. The Balaban J connectivity index is 1.97. The molecular formula is C17H23NO2. The van der Waals surface area contributed by atoms with Gasteiger partial charge in [0.2, 0.25) is 0 Å². The van der Waals surface area contributed by atoms with Crippen molar-refractivity contribution in [3.8, 4) is 0 Å². The Labute approximate surface area is 121 Å². The van der Waals surface area contributed by atoms with Crippen LogP contribution in [-0.2, 0) is 4.74 Å². The van der Waals surface area contributed by atoms with Crippen LogP contribution >= 0.6 is 0 Å². The van der Waals surface area contributed by atoms with Crippen LogP contribution < -0.4 is 0 Å². The lowest BCUT2D eigenvalue weighted by Crippen LogP contribution is -2.48. The molecule has 2 rings (SSSR count). The quantitative estimate of drug-likeness (QED) is 0.623. The lowest BCUT2D eigenvalue weighted by atomic mass is 9.91. The Morgan fingerprint density at radius 1 is 1.40 bits per heavy atom. The Morgan fingerprint density at radius 2 is 2.10 bits per heavy atom. The van der Waals surface area contributed by atoms with Crippen LogP contribution in [0.3, 0.4) is 0 Å². The number of esters is 1. The SMILES string of the molecule is C=CCN1C[C@H](C)[C@@H](OC(=O)c2ccccc2)C[C@H]1C. The first-order valence-corrected chi connectivity index (χ1v) is 7.22. The lowest BCUT2D eigenvalue weighted by Gasteiger charge is -2.40. The fourth-order valence-electron chi connectivity index (χ4n) is 2.75. The number of carbonyl (C=O) groups excluding carboxylic acids is 1. The zero-order chi connectivity index (χ0) is 14.5. The topological polar surface area (TPSA) is 29.5 Å². The minimum absolute atomic E-state index is 0.00114. The van der Waals surface area contributed by atoms with Crippen LogP contribution in [-0.4, -0.2) is 36.1 Å². The number of hydrogen-bond donors (Lipinski definition) is 0. The Bertz CT molecular complexity index is 457. The molecule has 3 heteroatoms. The summed E-state index contributed by atoms with van der Waals surface area (Å²) in [7, 11) is 0. The summed E-state index contributed by atoms with van der Waals surface area (Å²) in [6, 6.07) is 9.62. The molecule has 0 radical (unpaired) electrons. The average molecular weight is 273 g/mol. The number of hydrogen-bond acceptors (Lipinski definition) is 3. The summed E-state index contributed by atoms with van der Waals surface area (Å²) in [6.45, 7) is 9.96. The van der Waals surface area contributed by atoms with Crippen molar-refractivity contribution in [2.24, 2.45) is 5.92 Å². The van der Waals surface area contributed by atoms with Crippen LogP contribution in [0, 0.1) is 5.92 Å². The summed E-state index contributed by atoms with van der Waals surface area (Å²) in [4.78, 5) is 14.5. The third kappa shape index (κ3) is 3.48. The molecule has 1 saturated heterocycles. The highest BCUT2D eigenvalue weighted by molar-refractivity contribution is 5.89. The first-order chi connectivity index (χ1) is 9.61. The fraction of sp³-hybridized carbons (Fsp3) is 0.471. The van der Waals surface area contributed by atoms with Crippen LogP contribution in [0.25, 0.3) is 0 Å². The van der Waals surface area contributed by atoms with Gasteiger partial charge in [-0.1, -0.05) is 31.2 Å². The number of nitrogens with zero attached hydrogens (tertiary/aromatic N) is 1. The fourth-order valence-corrected chi connectivity index (χ4v) is 2.75. The maximum atomic E-state index is 12.1. The molecule has 108 valence electrons. The molecule has 0 spiro atoms. The average Bonchev–Trinajstić information content (AvgIpc) is 2.45. The van der Waals surface area contributed by atoms with Crippen molar-refractivity contribution in [3.63, 3.8) is 0 Å². The molecule has 1 aromatic rings. The molecule has 0 saturated carbocycles. The van der Waals surface area contributed by atoms with E-state index in [0.29, 0.717) is 17.5 Å². The second kappa shape index (κ2) is 6.71. The van der Waals surface area contributed by atoms with Crippen molar-refractivity contribution in [1.82, 2.24) is 4.90 Å². The maximum Gasteiger partial charge on any atom is 0.338 e. The molecule has 0 aromatic heterocycles. The first kappa shape index (κ1) is 14.8. The van der Waals surface area contributed by atoms with Gasteiger partial charge >= 0.3 is 5.97 Å². The highest BCUT2D eigenvalue weighted by Crippen LogP contribution is 2.25. The summed E-state index contributed by atoms with van der Waals surface area (Å²) < 4.78 is 5.70. The minimum atomic E-state index is -0.216. The molecule has 0 unspecified atom stereocenters. The van der Waals surface area contributed by atoms with E-state index in [-0.39, 0.29) is 12.1 Å². The van der Waals surface area contributed by atoms with Crippen molar-refractivity contribution in [2.45, 2.75) is 32.4 Å². The Hall–Kier alpha value is -1.61. The van der Waals surface area contributed by atoms with Gasteiger partial charge < -0.3 is 4.74 Å². The van der Waals surface area contributed by atoms with Gasteiger partial charge in [0, 0.05) is 31.5 Å².